The fourth-order valence-corrected chi connectivity index (χ4v) is 6.17. The van der Waals surface area contributed by atoms with E-state index in [0.717, 1.165) is 19.3 Å². The number of rotatable bonds is 7. The van der Waals surface area contributed by atoms with Crippen molar-refractivity contribution in [2.45, 2.75) is 83.5 Å². The molecule has 3 aliphatic carbocycles. The van der Waals surface area contributed by atoms with Crippen molar-refractivity contribution in [2.24, 2.45) is 23.0 Å². The number of nitrogens with one attached hydrogen (secondary N) is 1. The standard InChI is InChI=1S/C22H38BN3O5.ClH/c1-5-6-18(25-20(28)15(24)13-19(27)26-7-9-29-10-8-26)23-30-17-12-14-11-16(21(14,2)3)22(17,4)31-23;/h14-18H,5-13,24H2,1-4H3,(H,25,28);1H/t14-,15+,16-,17+,18-,22-;/m0./s1. The predicted octanol–water partition coefficient (Wildman–Crippen LogP) is 1.54. The summed E-state index contributed by atoms with van der Waals surface area (Å²) < 4.78 is 18.2. The van der Waals surface area contributed by atoms with E-state index in [0.29, 0.717) is 38.1 Å². The highest BCUT2D eigenvalue weighted by Crippen LogP contribution is 2.65. The van der Waals surface area contributed by atoms with Crippen LogP contribution in [0.15, 0.2) is 0 Å². The number of hydrogen-bond acceptors (Lipinski definition) is 6. The third kappa shape index (κ3) is 4.56. The molecular weight excluding hydrogens is 433 g/mol. The van der Waals surface area contributed by atoms with Crippen LogP contribution in [0.3, 0.4) is 0 Å². The van der Waals surface area contributed by atoms with Gasteiger partial charge >= 0.3 is 7.12 Å². The van der Waals surface area contributed by atoms with Crippen molar-refractivity contribution >= 4 is 31.3 Å². The van der Waals surface area contributed by atoms with Gasteiger partial charge in [-0.3, -0.25) is 9.59 Å². The lowest BCUT2D eigenvalue weighted by Crippen LogP contribution is -2.65. The zero-order valence-corrected chi connectivity index (χ0v) is 20.6. The predicted molar refractivity (Wildman–Crippen MR) is 124 cm³/mol. The van der Waals surface area contributed by atoms with Crippen LogP contribution in [0.1, 0.15) is 59.8 Å². The number of halogens is 1. The van der Waals surface area contributed by atoms with E-state index >= 15 is 0 Å². The second kappa shape index (κ2) is 9.78. The van der Waals surface area contributed by atoms with Crippen molar-refractivity contribution in [3.63, 3.8) is 0 Å². The van der Waals surface area contributed by atoms with E-state index in [1.807, 2.05) is 0 Å². The van der Waals surface area contributed by atoms with Crippen LogP contribution in [0.2, 0.25) is 0 Å². The lowest BCUT2D eigenvalue weighted by atomic mass is 9.43. The maximum Gasteiger partial charge on any atom is 0.481 e. The lowest BCUT2D eigenvalue weighted by Gasteiger charge is -2.64. The Morgan fingerprint density at radius 2 is 1.91 bits per heavy atom. The van der Waals surface area contributed by atoms with E-state index < -0.39 is 13.2 Å². The summed E-state index contributed by atoms with van der Waals surface area (Å²) in [7, 11) is -0.476. The number of carbonyl (C=O) groups is 2. The van der Waals surface area contributed by atoms with Crippen molar-refractivity contribution < 1.29 is 23.6 Å². The molecular formula is C22H39BClN3O5. The monoisotopic (exact) mass is 471 g/mol. The quantitative estimate of drug-likeness (QED) is 0.546. The summed E-state index contributed by atoms with van der Waals surface area (Å²) in [5, 5.41) is 3.03. The molecule has 2 amide bonds. The van der Waals surface area contributed by atoms with Gasteiger partial charge in [0.25, 0.3) is 0 Å². The molecule has 32 heavy (non-hydrogen) atoms. The minimum Gasteiger partial charge on any atom is -0.404 e. The van der Waals surface area contributed by atoms with Gasteiger partial charge in [-0.2, -0.15) is 0 Å². The van der Waals surface area contributed by atoms with Crippen molar-refractivity contribution in [3.8, 4) is 0 Å². The number of carbonyl (C=O) groups excluding carboxylic acids is 2. The minimum atomic E-state index is -0.888. The molecule has 0 unspecified atom stereocenters. The number of nitrogens with zero attached hydrogens (tertiary/aromatic N) is 1. The summed E-state index contributed by atoms with van der Waals surface area (Å²) in [6.45, 7) is 11.1. The van der Waals surface area contributed by atoms with E-state index in [1.54, 1.807) is 4.90 Å². The van der Waals surface area contributed by atoms with Crippen molar-refractivity contribution in [3.05, 3.63) is 0 Å². The number of morpholine rings is 1. The average molecular weight is 472 g/mol. The molecule has 182 valence electrons. The zero-order valence-electron chi connectivity index (χ0n) is 19.8. The van der Waals surface area contributed by atoms with Gasteiger partial charge < -0.3 is 30.0 Å². The lowest BCUT2D eigenvalue weighted by molar-refractivity contribution is -0.199. The van der Waals surface area contributed by atoms with E-state index in [9.17, 15) is 9.59 Å². The molecule has 3 saturated carbocycles. The maximum absolute atomic E-state index is 12.8. The summed E-state index contributed by atoms with van der Waals surface area (Å²) in [5.74, 6) is 0.450. The molecule has 2 aliphatic heterocycles. The Bertz CT molecular complexity index is 707. The van der Waals surface area contributed by atoms with Crippen LogP contribution in [0, 0.1) is 17.3 Å². The first kappa shape index (κ1) is 25.8. The molecule has 5 fully saturated rings. The number of amides is 2. The molecule has 0 spiro atoms. The topological polar surface area (TPSA) is 103 Å². The maximum atomic E-state index is 12.8. The van der Waals surface area contributed by atoms with Gasteiger partial charge in [0.05, 0.1) is 43.3 Å². The van der Waals surface area contributed by atoms with Gasteiger partial charge in [-0.15, -0.1) is 12.4 Å². The van der Waals surface area contributed by atoms with Crippen LogP contribution in [0.25, 0.3) is 0 Å². The third-order valence-corrected chi connectivity index (χ3v) is 8.32. The zero-order chi connectivity index (χ0) is 22.4. The summed E-state index contributed by atoms with van der Waals surface area (Å²) >= 11 is 0. The molecule has 5 rings (SSSR count). The Morgan fingerprint density at radius 3 is 2.53 bits per heavy atom. The molecule has 5 aliphatic rings. The molecule has 10 heteroatoms. The van der Waals surface area contributed by atoms with Gasteiger partial charge in [0.1, 0.15) is 0 Å². The van der Waals surface area contributed by atoms with Crippen LogP contribution >= 0.6 is 12.4 Å². The first-order valence-corrected chi connectivity index (χ1v) is 11.9. The van der Waals surface area contributed by atoms with Crippen molar-refractivity contribution in [2.75, 3.05) is 26.3 Å². The molecule has 2 heterocycles. The van der Waals surface area contributed by atoms with Gasteiger partial charge in [-0.25, -0.2) is 0 Å². The molecule has 0 aromatic rings. The van der Waals surface area contributed by atoms with Crippen LogP contribution in [-0.4, -0.2) is 73.8 Å². The Balaban J connectivity index is 0.00000289. The average Bonchev–Trinajstić information content (AvgIpc) is 3.10. The van der Waals surface area contributed by atoms with E-state index in [1.165, 1.54) is 6.42 Å². The second-order valence-corrected chi connectivity index (χ2v) is 10.5. The van der Waals surface area contributed by atoms with Crippen LogP contribution < -0.4 is 11.1 Å². The van der Waals surface area contributed by atoms with Crippen molar-refractivity contribution in [1.82, 2.24) is 10.2 Å². The van der Waals surface area contributed by atoms with Gasteiger partial charge in [-0.1, -0.05) is 27.2 Å². The molecule has 8 nitrogen and oxygen atoms in total. The fraction of sp³-hybridized carbons (Fsp3) is 0.909. The molecule has 6 atom stereocenters. The minimum absolute atomic E-state index is 0. The van der Waals surface area contributed by atoms with Crippen LogP contribution in [-0.2, 0) is 23.6 Å². The van der Waals surface area contributed by atoms with Gasteiger partial charge in [0.2, 0.25) is 11.8 Å². The van der Waals surface area contributed by atoms with Crippen LogP contribution in [0.4, 0.5) is 0 Å². The van der Waals surface area contributed by atoms with E-state index in [2.05, 4.69) is 33.0 Å². The number of hydrogen-bond donors (Lipinski definition) is 2. The highest BCUT2D eigenvalue weighted by molar-refractivity contribution is 6.47. The van der Waals surface area contributed by atoms with Gasteiger partial charge in [0, 0.05) is 13.1 Å². The molecule has 3 N–H and O–H groups in total. The molecule has 2 saturated heterocycles. The third-order valence-electron chi connectivity index (χ3n) is 8.32. The summed E-state index contributed by atoms with van der Waals surface area (Å²) in [6, 6.07) is -0.888. The Kier molecular flexibility index (Phi) is 7.87. The molecule has 0 aromatic heterocycles. The van der Waals surface area contributed by atoms with E-state index in [-0.39, 0.29) is 53.7 Å². The van der Waals surface area contributed by atoms with E-state index in [4.69, 9.17) is 19.8 Å². The first-order valence-electron chi connectivity index (χ1n) is 11.9. The second-order valence-electron chi connectivity index (χ2n) is 10.5. The normalized spacial score (nSPS) is 34.6. The molecule has 0 aromatic carbocycles. The Hall–Kier alpha value is -0.865. The number of ether oxygens (including phenoxy) is 1. The summed E-state index contributed by atoms with van der Waals surface area (Å²) in [5.41, 5.74) is 6.06. The SMILES string of the molecule is CCC[C@H](NC(=O)[C@H](N)CC(=O)N1CCOCC1)B1O[C@@H]2C[C@@H]3C[C@@H](C3(C)C)[C@]2(C)O1.Cl. The largest absolute Gasteiger partial charge is 0.481 e. The molecule has 2 bridgehead atoms. The fourth-order valence-electron chi connectivity index (χ4n) is 6.17. The van der Waals surface area contributed by atoms with Crippen molar-refractivity contribution in [1.29, 1.82) is 0 Å². The number of nitrogens with two attached hydrogens (primary N) is 1. The highest BCUT2D eigenvalue weighted by Gasteiger charge is 2.68. The molecule has 0 radical (unpaired) electrons. The summed E-state index contributed by atoms with van der Waals surface area (Å²) in [6.07, 6.45) is 3.89. The van der Waals surface area contributed by atoms with Gasteiger partial charge in [0.15, 0.2) is 0 Å². The Labute approximate surface area is 198 Å². The summed E-state index contributed by atoms with van der Waals surface area (Å²) in [4.78, 5) is 27.0. The van der Waals surface area contributed by atoms with Gasteiger partial charge in [-0.05, 0) is 43.4 Å². The smallest absolute Gasteiger partial charge is 0.404 e. The Morgan fingerprint density at radius 1 is 1.22 bits per heavy atom. The van der Waals surface area contributed by atoms with Crippen LogP contribution in [0.5, 0.6) is 0 Å². The highest BCUT2D eigenvalue weighted by atomic mass is 35.5. The first-order chi connectivity index (χ1) is 14.7.